The van der Waals surface area contributed by atoms with E-state index in [2.05, 4.69) is 15.4 Å². The van der Waals surface area contributed by atoms with Crippen molar-refractivity contribution in [1.82, 2.24) is 14.8 Å². The Hall–Kier alpha value is -3.27. The van der Waals surface area contributed by atoms with Gasteiger partial charge in [0.05, 0.1) is 17.2 Å². The second kappa shape index (κ2) is 12.1. The van der Waals surface area contributed by atoms with Gasteiger partial charge in [0, 0.05) is 22.8 Å². The summed E-state index contributed by atoms with van der Waals surface area (Å²) in [7, 11) is 0. The zero-order chi connectivity index (χ0) is 27.1. The molecule has 0 unspecified atom stereocenters. The first-order chi connectivity index (χ1) is 17.0. The molecule has 1 saturated carbocycles. The monoisotopic (exact) mass is 506 g/mol. The number of fused-ring (bicyclic) bond motifs is 1. The molecule has 0 aliphatic heterocycles. The zero-order valence-electron chi connectivity index (χ0n) is 21.0. The van der Waals surface area contributed by atoms with Crippen LogP contribution in [-0.4, -0.2) is 32.6 Å². The molecular weight excluding hydrogens is 473 g/mol. The third-order valence-electron chi connectivity index (χ3n) is 5.79. The summed E-state index contributed by atoms with van der Waals surface area (Å²) in [6.45, 7) is 9.15. The number of anilines is 1. The fourth-order valence-electron chi connectivity index (χ4n) is 4.14. The Kier molecular flexibility index (Phi) is 9.75. The topological polar surface area (TPSA) is 97.1 Å². The van der Waals surface area contributed by atoms with Gasteiger partial charge in [0.25, 0.3) is 5.91 Å². The normalized spacial score (nSPS) is 14.3. The number of rotatable bonds is 4. The molecule has 10 heteroatoms. The lowest BCUT2D eigenvalue weighted by Gasteiger charge is -2.22. The molecule has 0 radical (unpaired) electrons. The van der Waals surface area contributed by atoms with Crippen LogP contribution in [0.4, 0.5) is 18.9 Å². The standard InChI is InChI=1S/C23H25F3N4O2.C2H6.CH2O/c1-22(2,32)16-12-18-14(13-30(29-18)15-7-4-3-5-8-15)11-19(16)28-21(31)17-9-6-10-20(27-17)23(24,25)26;2*1-2/h6,9-13,15,32H,3-5,7-8H2,1-2H3,(H,28,31);1-2H3;1H2. The maximum absolute atomic E-state index is 13.0. The number of hydrogen-bond donors (Lipinski definition) is 2. The number of amides is 1. The van der Waals surface area contributed by atoms with Crippen LogP contribution in [0.1, 0.15) is 87.6 Å². The van der Waals surface area contributed by atoms with Crippen molar-refractivity contribution in [3.63, 3.8) is 0 Å². The fourth-order valence-corrected chi connectivity index (χ4v) is 4.14. The highest BCUT2D eigenvalue weighted by Gasteiger charge is 2.33. The Balaban J connectivity index is 0.00000109. The lowest BCUT2D eigenvalue weighted by molar-refractivity contribution is -0.141. The predicted octanol–water partition coefficient (Wildman–Crippen LogP) is 6.28. The molecule has 2 aromatic heterocycles. The average molecular weight is 507 g/mol. The Bertz CT molecular complexity index is 1160. The van der Waals surface area contributed by atoms with Crippen molar-refractivity contribution < 1.29 is 27.9 Å². The molecule has 2 N–H and O–H groups in total. The van der Waals surface area contributed by atoms with Gasteiger partial charge in [0.1, 0.15) is 18.2 Å². The summed E-state index contributed by atoms with van der Waals surface area (Å²) in [6.07, 6.45) is 2.90. The molecular formula is C26H33F3N4O3. The molecule has 0 spiro atoms. The van der Waals surface area contributed by atoms with E-state index in [1.807, 2.05) is 31.5 Å². The van der Waals surface area contributed by atoms with Gasteiger partial charge in [-0.25, -0.2) is 4.98 Å². The van der Waals surface area contributed by atoms with E-state index in [4.69, 9.17) is 4.79 Å². The highest BCUT2D eigenvalue weighted by atomic mass is 19.4. The van der Waals surface area contributed by atoms with E-state index < -0.39 is 23.4 Å². The Morgan fingerprint density at radius 3 is 2.33 bits per heavy atom. The van der Waals surface area contributed by atoms with Crippen LogP contribution in [0.5, 0.6) is 0 Å². The summed E-state index contributed by atoms with van der Waals surface area (Å²) in [4.78, 5) is 24.2. The van der Waals surface area contributed by atoms with Crippen LogP contribution in [0.15, 0.2) is 36.5 Å². The van der Waals surface area contributed by atoms with Crippen molar-refractivity contribution in [3.05, 3.63) is 53.5 Å². The maximum atomic E-state index is 13.0. The minimum atomic E-state index is -4.65. The molecule has 4 rings (SSSR count). The van der Waals surface area contributed by atoms with E-state index >= 15 is 0 Å². The van der Waals surface area contributed by atoms with Gasteiger partial charge in [0.2, 0.25) is 0 Å². The van der Waals surface area contributed by atoms with Crippen LogP contribution in [0, 0.1) is 0 Å². The SMILES string of the molecule is C=O.CC.CC(C)(O)c1cc2nn(C3CCCCC3)cc2cc1NC(=O)c1cccc(C(F)(F)F)n1. The van der Waals surface area contributed by atoms with Gasteiger partial charge in [-0.2, -0.15) is 18.3 Å². The number of aromatic nitrogens is 3. The van der Waals surface area contributed by atoms with Gasteiger partial charge in [-0.15, -0.1) is 0 Å². The first kappa shape index (κ1) is 29.0. The Morgan fingerprint density at radius 1 is 1.11 bits per heavy atom. The Morgan fingerprint density at radius 2 is 1.75 bits per heavy atom. The number of alkyl halides is 3. The second-order valence-electron chi connectivity index (χ2n) is 8.78. The molecule has 1 aliphatic carbocycles. The molecule has 0 atom stereocenters. The van der Waals surface area contributed by atoms with Crippen molar-refractivity contribution in [2.75, 3.05) is 5.32 Å². The molecule has 3 aromatic rings. The first-order valence-electron chi connectivity index (χ1n) is 11.9. The van der Waals surface area contributed by atoms with Crippen LogP contribution in [0.3, 0.4) is 0 Å². The van der Waals surface area contributed by atoms with Crippen LogP contribution in [0.25, 0.3) is 10.9 Å². The number of carbonyl (C=O) groups is 2. The Labute approximate surface area is 208 Å². The molecule has 7 nitrogen and oxygen atoms in total. The third-order valence-corrected chi connectivity index (χ3v) is 5.79. The number of halogens is 3. The van der Waals surface area contributed by atoms with Gasteiger partial charge in [-0.3, -0.25) is 9.48 Å². The summed E-state index contributed by atoms with van der Waals surface area (Å²) >= 11 is 0. The van der Waals surface area contributed by atoms with E-state index in [0.717, 1.165) is 43.2 Å². The quantitative estimate of drug-likeness (QED) is 0.434. The maximum Gasteiger partial charge on any atom is 0.433 e. The summed E-state index contributed by atoms with van der Waals surface area (Å²) in [5.41, 5.74) is -1.41. The summed E-state index contributed by atoms with van der Waals surface area (Å²) in [5, 5.41) is 18.8. The molecule has 2 heterocycles. The largest absolute Gasteiger partial charge is 0.433 e. The summed E-state index contributed by atoms with van der Waals surface area (Å²) < 4.78 is 40.9. The van der Waals surface area contributed by atoms with Crippen molar-refractivity contribution in [1.29, 1.82) is 0 Å². The number of hydrogen-bond acceptors (Lipinski definition) is 5. The van der Waals surface area contributed by atoms with E-state index in [0.29, 0.717) is 22.8 Å². The van der Waals surface area contributed by atoms with Crippen LogP contribution >= 0.6 is 0 Å². The molecule has 1 aliphatic rings. The molecule has 1 aromatic carbocycles. The summed E-state index contributed by atoms with van der Waals surface area (Å²) in [6, 6.07) is 6.89. The smallest absolute Gasteiger partial charge is 0.386 e. The lowest BCUT2D eigenvalue weighted by atomic mass is 9.95. The van der Waals surface area contributed by atoms with Crippen LogP contribution in [-0.2, 0) is 16.6 Å². The number of aliphatic hydroxyl groups is 1. The second-order valence-corrected chi connectivity index (χ2v) is 8.78. The predicted molar refractivity (Wildman–Crippen MR) is 133 cm³/mol. The first-order valence-corrected chi connectivity index (χ1v) is 11.9. The highest BCUT2D eigenvalue weighted by Crippen LogP contribution is 2.34. The third kappa shape index (κ3) is 6.90. The molecule has 196 valence electrons. The minimum Gasteiger partial charge on any atom is -0.386 e. The van der Waals surface area contributed by atoms with Crippen molar-refractivity contribution >= 4 is 29.3 Å². The molecule has 0 saturated heterocycles. The van der Waals surface area contributed by atoms with Gasteiger partial charge in [-0.05, 0) is 51.0 Å². The van der Waals surface area contributed by atoms with Crippen molar-refractivity contribution in [3.8, 4) is 0 Å². The number of nitrogens with zero attached hydrogens (tertiary/aromatic N) is 3. The van der Waals surface area contributed by atoms with Gasteiger partial charge in [0.15, 0.2) is 0 Å². The van der Waals surface area contributed by atoms with Crippen LogP contribution < -0.4 is 5.32 Å². The van der Waals surface area contributed by atoms with E-state index in [9.17, 15) is 23.1 Å². The molecule has 0 bridgehead atoms. The number of benzene rings is 1. The fraction of sp³-hybridized carbons (Fsp3) is 0.462. The van der Waals surface area contributed by atoms with Gasteiger partial charge >= 0.3 is 6.18 Å². The van der Waals surface area contributed by atoms with Crippen LogP contribution in [0.2, 0.25) is 0 Å². The average Bonchev–Trinajstić information content (AvgIpc) is 3.29. The number of carbonyl (C=O) groups excluding carboxylic acids is 2. The van der Waals surface area contributed by atoms with Gasteiger partial charge in [-0.1, -0.05) is 39.2 Å². The number of pyridine rings is 1. The van der Waals surface area contributed by atoms with Crippen molar-refractivity contribution in [2.24, 2.45) is 0 Å². The summed E-state index contributed by atoms with van der Waals surface area (Å²) in [5.74, 6) is -0.791. The van der Waals surface area contributed by atoms with E-state index in [1.54, 1.807) is 26.0 Å². The highest BCUT2D eigenvalue weighted by molar-refractivity contribution is 6.04. The number of nitrogens with one attached hydrogen (secondary N) is 1. The van der Waals surface area contributed by atoms with E-state index in [1.165, 1.54) is 12.5 Å². The van der Waals surface area contributed by atoms with Gasteiger partial charge < -0.3 is 15.2 Å². The molecule has 1 amide bonds. The zero-order valence-corrected chi connectivity index (χ0v) is 21.0. The van der Waals surface area contributed by atoms with Crippen molar-refractivity contribution in [2.45, 2.75) is 77.6 Å². The molecule has 1 fully saturated rings. The van der Waals surface area contributed by atoms with E-state index in [-0.39, 0.29) is 5.69 Å². The lowest BCUT2D eigenvalue weighted by Crippen LogP contribution is -2.22. The minimum absolute atomic E-state index is 0.303. The molecule has 36 heavy (non-hydrogen) atoms.